The number of ketones is 1. The molecule has 1 N–H and O–H groups in total. The number of nitrogens with one attached hydrogen (secondary N) is 1. The standard InChI is InChI=1S/C28H33N5O4/c1-6-32(7-2)20-10-8-17(9-11-20)26-25-21(31-28-29-16-30-33(26)28)12-18(13-22(25)34)19-14-23(35-3)27(37-5)24(15-19)36-4/h8-11,14-16,18,26H,6-7,12-13H2,1-5H3,(H,29,30,31)/t18-,26-/m0/s1. The van der Waals surface area contributed by atoms with Gasteiger partial charge in [0.05, 0.1) is 21.3 Å². The van der Waals surface area contributed by atoms with Gasteiger partial charge < -0.3 is 24.4 Å². The SMILES string of the molecule is CCN(CC)c1ccc([C@H]2C3=C(C[C@H](c4cc(OC)c(OC)c(OC)c4)CC3=O)Nc3ncnn32)cc1. The molecular weight excluding hydrogens is 470 g/mol. The minimum Gasteiger partial charge on any atom is -0.493 e. The van der Waals surface area contributed by atoms with Crippen LogP contribution < -0.4 is 24.4 Å². The van der Waals surface area contributed by atoms with Gasteiger partial charge in [0.15, 0.2) is 17.3 Å². The zero-order valence-electron chi connectivity index (χ0n) is 21.9. The van der Waals surface area contributed by atoms with Crippen LogP contribution in [0, 0.1) is 0 Å². The fourth-order valence-corrected chi connectivity index (χ4v) is 5.49. The molecule has 0 saturated heterocycles. The average molecular weight is 504 g/mol. The molecule has 0 spiro atoms. The van der Waals surface area contributed by atoms with Gasteiger partial charge in [-0.2, -0.15) is 10.1 Å². The predicted octanol–water partition coefficient (Wildman–Crippen LogP) is 4.57. The lowest BCUT2D eigenvalue weighted by Gasteiger charge is -2.35. The van der Waals surface area contributed by atoms with Crippen LogP contribution in [0.3, 0.4) is 0 Å². The first-order valence-electron chi connectivity index (χ1n) is 12.6. The summed E-state index contributed by atoms with van der Waals surface area (Å²) in [5.74, 6) is 2.36. The molecule has 5 rings (SSSR count). The molecule has 0 radical (unpaired) electrons. The second-order valence-corrected chi connectivity index (χ2v) is 9.20. The first-order valence-corrected chi connectivity index (χ1v) is 12.6. The second-order valence-electron chi connectivity index (χ2n) is 9.20. The van der Waals surface area contributed by atoms with E-state index in [0.717, 1.165) is 41.2 Å². The summed E-state index contributed by atoms with van der Waals surface area (Å²) in [4.78, 5) is 20.5. The van der Waals surface area contributed by atoms with Gasteiger partial charge in [0.2, 0.25) is 11.7 Å². The topological polar surface area (TPSA) is 90.7 Å². The smallest absolute Gasteiger partial charge is 0.226 e. The zero-order valence-corrected chi connectivity index (χ0v) is 21.9. The number of carbonyl (C=O) groups is 1. The van der Waals surface area contributed by atoms with Gasteiger partial charge in [0, 0.05) is 36.5 Å². The van der Waals surface area contributed by atoms with Crippen LogP contribution in [0.5, 0.6) is 17.2 Å². The molecule has 3 aromatic rings. The van der Waals surface area contributed by atoms with Crippen LogP contribution in [0.1, 0.15) is 49.8 Å². The van der Waals surface area contributed by atoms with Gasteiger partial charge >= 0.3 is 0 Å². The van der Waals surface area contributed by atoms with Crippen molar-refractivity contribution in [2.75, 3.05) is 44.6 Å². The van der Waals surface area contributed by atoms with Crippen LogP contribution in [-0.4, -0.2) is 55.0 Å². The Hall–Kier alpha value is -4.01. The molecule has 9 heteroatoms. The van der Waals surface area contributed by atoms with E-state index in [9.17, 15) is 4.79 Å². The Balaban J connectivity index is 1.53. The van der Waals surface area contributed by atoms with Crippen molar-refractivity contribution in [2.24, 2.45) is 0 Å². The van der Waals surface area contributed by atoms with E-state index < -0.39 is 0 Å². The Bertz CT molecular complexity index is 1300. The number of allylic oxidation sites excluding steroid dienone is 2. The van der Waals surface area contributed by atoms with E-state index in [1.165, 1.54) is 6.33 Å². The molecule has 1 aliphatic heterocycles. The monoisotopic (exact) mass is 503 g/mol. The number of benzene rings is 2. The molecule has 9 nitrogen and oxygen atoms in total. The largest absolute Gasteiger partial charge is 0.493 e. The summed E-state index contributed by atoms with van der Waals surface area (Å²) in [5, 5.41) is 7.86. The van der Waals surface area contributed by atoms with Crippen molar-refractivity contribution in [3.05, 3.63) is 65.1 Å². The van der Waals surface area contributed by atoms with E-state index in [1.807, 2.05) is 16.8 Å². The van der Waals surface area contributed by atoms with Crippen molar-refractivity contribution >= 4 is 17.4 Å². The Morgan fingerprint density at radius 1 is 0.973 bits per heavy atom. The Kier molecular flexibility index (Phi) is 6.78. The van der Waals surface area contributed by atoms with Gasteiger partial charge in [-0.25, -0.2) is 4.68 Å². The normalized spacial score (nSPS) is 18.6. The minimum absolute atomic E-state index is 0.0485. The third-order valence-electron chi connectivity index (χ3n) is 7.36. The molecule has 37 heavy (non-hydrogen) atoms. The van der Waals surface area contributed by atoms with Gasteiger partial charge in [-0.3, -0.25) is 4.79 Å². The third-order valence-corrected chi connectivity index (χ3v) is 7.36. The Morgan fingerprint density at radius 3 is 2.24 bits per heavy atom. The molecule has 0 unspecified atom stereocenters. The van der Waals surface area contributed by atoms with Crippen LogP contribution in [0.4, 0.5) is 11.6 Å². The molecule has 2 aromatic carbocycles. The van der Waals surface area contributed by atoms with Crippen molar-refractivity contribution < 1.29 is 19.0 Å². The Morgan fingerprint density at radius 2 is 1.65 bits per heavy atom. The summed E-state index contributed by atoms with van der Waals surface area (Å²) in [6.07, 6.45) is 2.55. The molecule has 1 aliphatic carbocycles. The van der Waals surface area contributed by atoms with Gasteiger partial charge in [-0.1, -0.05) is 12.1 Å². The van der Waals surface area contributed by atoms with Crippen LogP contribution in [0.2, 0.25) is 0 Å². The molecule has 0 amide bonds. The fraction of sp³-hybridized carbons (Fsp3) is 0.393. The zero-order chi connectivity index (χ0) is 26.1. The number of aromatic nitrogens is 3. The Labute approximate surface area is 217 Å². The van der Waals surface area contributed by atoms with E-state index >= 15 is 0 Å². The maximum Gasteiger partial charge on any atom is 0.226 e. The number of ether oxygens (including phenoxy) is 3. The predicted molar refractivity (Wildman–Crippen MR) is 142 cm³/mol. The number of methoxy groups -OCH3 is 3. The number of hydrogen-bond acceptors (Lipinski definition) is 8. The summed E-state index contributed by atoms with van der Waals surface area (Å²) in [6, 6.07) is 12.0. The maximum atomic E-state index is 13.8. The number of Topliss-reactive ketones (excluding diaryl/α,β-unsaturated/α-hetero) is 1. The molecule has 2 aliphatic rings. The third kappa shape index (κ3) is 4.28. The molecule has 2 heterocycles. The first-order chi connectivity index (χ1) is 18.0. The summed E-state index contributed by atoms with van der Waals surface area (Å²) >= 11 is 0. The van der Waals surface area contributed by atoms with Gasteiger partial charge in [-0.15, -0.1) is 0 Å². The maximum absolute atomic E-state index is 13.8. The molecule has 2 atom stereocenters. The van der Waals surface area contributed by atoms with E-state index in [-0.39, 0.29) is 17.7 Å². The summed E-state index contributed by atoms with van der Waals surface area (Å²) in [7, 11) is 4.77. The van der Waals surface area contributed by atoms with E-state index in [2.05, 4.69) is 58.4 Å². The molecule has 1 aromatic heterocycles. The van der Waals surface area contributed by atoms with E-state index in [0.29, 0.717) is 36.0 Å². The van der Waals surface area contributed by atoms with Crippen molar-refractivity contribution in [2.45, 2.75) is 38.6 Å². The number of rotatable bonds is 8. The summed E-state index contributed by atoms with van der Waals surface area (Å²) in [6.45, 7) is 6.17. The van der Waals surface area contributed by atoms with Crippen LogP contribution >= 0.6 is 0 Å². The van der Waals surface area contributed by atoms with E-state index in [4.69, 9.17) is 14.2 Å². The molecule has 0 fully saturated rings. The van der Waals surface area contributed by atoms with Gasteiger partial charge in [0.1, 0.15) is 12.4 Å². The lowest BCUT2D eigenvalue weighted by Crippen LogP contribution is -2.33. The van der Waals surface area contributed by atoms with Gasteiger partial charge in [-0.05, 0) is 61.6 Å². The highest BCUT2D eigenvalue weighted by atomic mass is 16.5. The molecular formula is C28H33N5O4. The van der Waals surface area contributed by atoms with Crippen molar-refractivity contribution in [3.8, 4) is 17.2 Å². The highest BCUT2D eigenvalue weighted by Gasteiger charge is 2.39. The molecule has 0 bridgehead atoms. The number of carbonyl (C=O) groups excluding carboxylic acids is 1. The van der Waals surface area contributed by atoms with Crippen molar-refractivity contribution in [3.63, 3.8) is 0 Å². The van der Waals surface area contributed by atoms with Gasteiger partial charge in [0.25, 0.3) is 0 Å². The van der Waals surface area contributed by atoms with Crippen molar-refractivity contribution in [1.29, 1.82) is 0 Å². The fourth-order valence-electron chi connectivity index (χ4n) is 5.49. The molecule has 0 saturated carbocycles. The highest BCUT2D eigenvalue weighted by Crippen LogP contribution is 2.47. The lowest BCUT2D eigenvalue weighted by molar-refractivity contribution is -0.116. The number of anilines is 2. The van der Waals surface area contributed by atoms with E-state index in [1.54, 1.807) is 21.3 Å². The second kappa shape index (κ2) is 10.2. The number of nitrogens with zero attached hydrogens (tertiary/aromatic N) is 4. The number of hydrogen-bond donors (Lipinski definition) is 1. The molecule has 194 valence electrons. The average Bonchev–Trinajstić information content (AvgIpc) is 3.40. The highest BCUT2D eigenvalue weighted by molar-refractivity contribution is 6.00. The number of fused-ring (bicyclic) bond motifs is 1. The van der Waals surface area contributed by atoms with Crippen LogP contribution in [-0.2, 0) is 4.79 Å². The van der Waals surface area contributed by atoms with Crippen LogP contribution in [0.15, 0.2) is 54.0 Å². The first kappa shape index (κ1) is 24.7. The minimum atomic E-state index is -0.326. The summed E-state index contributed by atoms with van der Waals surface area (Å²) in [5.41, 5.74) is 4.76. The van der Waals surface area contributed by atoms with Crippen molar-refractivity contribution in [1.82, 2.24) is 14.8 Å². The quantitative estimate of drug-likeness (QED) is 0.478. The van der Waals surface area contributed by atoms with Crippen LogP contribution in [0.25, 0.3) is 0 Å². The summed E-state index contributed by atoms with van der Waals surface area (Å²) < 4.78 is 18.4. The lowest BCUT2D eigenvalue weighted by atomic mass is 9.77.